The number of nitrogens with one attached hydrogen (secondary N) is 3. The predicted molar refractivity (Wildman–Crippen MR) is 96.3 cm³/mol. The van der Waals surface area contributed by atoms with Crippen LogP contribution in [0.3, 0.4) is 0 Å². The smallest absolute Gasteiger partial charge is 0.313 e. The van der Waals surface area contributed by atoms with E-state index in [1.807, 2.05) is 12.1 Å². The van der Waals surface area contributed by atoms with Crippen molar-refractivity contribution in [1.82, 2.24) is 10.6 Å². The molecule has 2 rings (SSSR count). The number of amides is 2. The number of hydrogen-bond donors (Lipinski definition) is 3. The summed E-state index contributed by atoms with van der Waals surface area (Å²) in [5.74, 6) is -2.41. The van der Waals surface area contributed by atoms with E-state index in [0.29, 0.717) is 5.02 Å². The molecular formula is C17H16Cl2FN3O2. The molecule has 8 heteroatoms. The van der Waals surface area contributed by atoms with Crippen molar-refractivity contribution < 1.29 is 14.0 Å². The Kier molecular flexibility index (Phi) is 6.75. The quantitative estimate of drug-likeness (QED) is 0.694. The minimum Gasteiger partial charge on any atom is -0.346 e. The molecule has 0 aliphatic carbocycles. The zero-order valence-electron chi connectivity index (χ0n) is 13.3. The van der Waals surface area contributed by atoms with E-state index in [-0.39, 0.29) is 23.3 Å². The molecule has 25 heavy (non-hydrogen) atoms. The number of carbonyl (C=O) groups is 2. The summed E-state index contributed by atoms with van der Waals surface area (Å²) < 4.78 is 13.3. The van der Waals surface area contributed by atoms with Crippen molar-refractivity contribution in [3.05, 3.63) is 63.9 Å². The van der Waals surface area contributed by atoms with Crippen LogP contribution in [-0.2, 0) is 9.59 Å². The molecule has 0 saturated heterocycles. The van der Waals surface area contributed by atoms with E-state index in [4.69, 9.17) is 23.2 Å². The van der Waals surface area contributed by atoms with Crippen molar-refractivity contribution in [3.8, 4) is 0 Å². The Morgan fingerprint density at radius 3 is 2.36 bits per heavy atom. The second kappa shape index (κ2) is 8.80. The maximum atomic E-state index is 13.3. The molecule has 0 radical (unpaired) electrons. The second-order valence-corrected chi connectivity index (χ2v) is 6.03. The van der Waals surface area contributed by atoms with Crippen LogP contribution in [0, 0.1) is 5.82 Å². The van der Waals surface area contributed by atoms with Crippen molar-refractivity contribution in [2.24, 2.45) is 0 Å². The van der Waals surface area contributed by atoms with Crippen LogP contribution in [0.25, 0.3) is 0 Å². The number of hydrogen-bond acceptors (Lipinski definition) is 3. The molecule has 0 fully saturated rings. The fourth-order valence-electron chi connectivity index (χ4n) is 2.12. The van der Waals surface area contributed by atoms with Gasteiger partial charge in [-0.2, -0.15) is 0 Å². The highest BCUT2D eigenvalue weighted by Gasteiger charge is 2.17. The SMILES string of the molecule is CNC(CNC(=O)C(=O)Nc1ccc(Cl)c(F)c1)c1ccc(Cl)cc1. The third kappa shape index (κ3) is 5.42. The van der Waals surface area contributed by atoms with Crippen molar-refractivity contribution in [3.63, 3.8) is 0 Å². The molecule has 2 amide bonds. The van der Waals surface area contributed by atoms with Crippen molar-refractivity contribution in [2.45, 2.75) is 6.04 Å². The number of likely N-dealkylation sites (N-methyl/N-ethyl adjacent to an activating group) is 1. The number of anilines is 1. The van der Waals surface area contributed by atoms with Crippen LogP contribution in [0.15, 0.2) is 42.5 Å². The summed E-state index contributed by atoms with van der Waals surface area (Å²) in [5, 5.41) is 8.42. The van der Waals surface area contributed by atoms with Gasteiger partial charge in [-0.05, 0) is 42.9 Å². The molecule has 2 aromatic carbocycles. The number of halogens is 3. The standard InChI is InChI=1S/C17H16Cl2FN3O2/c1-21-15(10-2-4-11(18)5-3-10)9-22-16(24)17(25)23-12-6-7-13(19)14(20)8-12/h2-8,15,21H,9H2,1H3,(H,22,24)(H,23,25). The lowest BCUT2D eigenvalue weighted by atomic mass is 10.1. The molecule has 2 aromatic rings. The maximum absolute atomic E-state index is 13.3. The first-order valence-corrected chi connectivity index (χ1v) is 8.13. The van der Waals surface area contributed by atoms with Gasteiger partial charge in [-0.3, -0.25) is 9.59 Å². The van der Waals surface area contributed by atoms with Gasteiger partial charge in [0.05, 0.1) is 5.02 Å². The molecule has 0 saturated carbocycles. The molecule has 0 spiro atoms. The van der Waals surface area contributed by atoms with Gasteiger partial charge in [0.2, 0.25) is 0 Å². The van der Waals surface area contributed by atoms with E-state index in [1.165, 1.54) is 12.1 Å². The molecule has 1 unspecified atom stereocenters. The van der Waals surface area contributed by atoms with E-state index in [9.17, 15) is 14.0 Å². The zero-order chi connectivity index (χ0) is 18.4. The number of benzene rings is 2. The monoisotopic (exact) mass is 383 g/mol. The zero-order valence-corrected chi connectivity index (χ0v) is 14.8. The molecule has 0 aliphatic heterocycles. The van der Waals surface area contributed by atoms with E-state index < -0.39 is 17.6 Å². The van der Waals surface area contributed by atoms with Gasteiger partial charge in [0.25, 0.3) is 0 Å². The summed E-state index contributed by atoms with van der Waals surface area (Å²) in [6, 6.07) is 10.7. The summed E-state index contributed by atoms with van der Waals surface area (Å²) in [4.78, 5) is 23.8. The molecule has 0 bridgehead atoms. The van der Waals surface area contributed by atoms with Gasteiger partial charge in [0.1, 0.15) is 5.82 Å². The Balaban J connectivity index is 1.92. The highest BCUT2D eigenvalue weighted by molar-refractivity contribution is 6.39. The van der Waals surface area contributed by atoms with Gasteiger partial charge in [-0.25, -0.2) is 4.39 Å². The minimum absolute atomic E-state index is 0.0673. The van der Waals surface area contributed by atoms with Gasteiger partial charge in [0.15, 0.2) is 0 Å². The van der Waals surface area contributed by atoms with Gasteiger partial charge >= 0.3 is 11.8 Å². The van der Waals surface area contributed by atoms with Gasteiger partial charge in [-0.1, -0.05) is 35.3 Å². The molecule has 1 atom stereocenters. The van der Waals surface area contributed by atoms with E-state index in [0.717, 1.165) is 11.6 Å². The minimum atomic E-state index is -0.896. The fourth-order valence-corrected chi connectivity index (χ4v) is 2.36. The van der Waals surface area contributed by atoms with Gasteiger partial charge in [-0.15, -0.1) is 0 Å². The first kappa shape index (κ1) is 19.2. The molecule has 132 valence electrons. The van der Waals surface area contributed by atoms with Gasteiger partial charge in [0, 0.05) is 23.3 Å². The lowest BCUT2D eigenvalue weighted by Crippen LogP contribution is -2.39. The summed E-state index contributed by atoms with van der Waals surface area (Å²) in [6.45, 7) is 0.194. The average Bonchev–Trinajstić information content (AvgIpc) is 2.60. The van der Waals surface area contributed by atoms with Gasteiger partial charge < -0.3 is 16.0 Å². The molecule has 0 aliphatic rings. The van der Waals surface area contributed by atoms with Crippen LogP contribution in [-0.4, -0.2) is 25.4 Å². The van der Waals surface area contributed by atoms with Crippen LogP contribution in [0.1, 0.15) is 11.6 Å². The van der Waals surface area contributed by atoms with Crippen LogP contribution >= 0.6 is 23.2 Å². The Morgan fingerprint density at radius 2 is 1.76 bits per heavy atom. The first-order valence-electron chi connectivity index (χ1n) is 7.37. The van der Waals surface area contributed by atoms with Crippen molar-refractivity contribution >= 4 is 40.7 Å². The van der Waals surface area contributed by atoms with E-state index >= 15 is 0 Å². The predicted octanol–water partition coefficient (Wildman–Crippen LogP) is 3.15. The Morgan fingerprint density at radius 1 is 1.08 bits per heavy atom. The molecule has 5 nitrogen and oxygen atoms in total. The Labute approximate surface area is 154 Å². The molecule has 3 N–H and O–H groups in total. The normalized spacial score (nSPS) is 11.7. The van der Waals surface area contributed by atoms with E-state index in [2.05, 4.69) is 16.0 Å². The second-order valence-electron chi connectivity index (χ2n) is 5.19. The largest absolute Gasteiger partial charge is 0.346 e. The highest BCUT2D eigenvalue weighted by atomic mass is 35.5. The van der Waals surface area contributed by atoms with Crippen molar-refractivity contribution in [1.29, 1.82) is 0 Å². The summed E-state index contributed by atoms with van der Waals surface area (Å²) in [7, 11) is 1.74. The molecular weight excluding hydrogens is 368 g/mol. The molecule has 0 aromatic heterocycles. The first-order chi connectivity index (χ1) is 11.9. The fraction of sp³-hybridized carbons (Fsp3) is 0.176. The van der Waals surface area contributed by atoms with E-state index in [1.54, 1.807) is 19.2 Å². The Hall–Kier alpha value is -2.15. The van der Waals surface area contributed by atoms with Crippen LogP contribution < -0.4 is 16.0 Å². The molecule has 0 heterocycles. The summed E-state index contributed by atoms with van der Waals surface area (Å²) in [5.41, 5.74) is 1.05. The van der Waals surface area contributed by atoms with Crippen LogP contribution in [0.2, 0.25) is 10.0 Å². The number of rotatable bonds is 5. The number of carbonyl (C=O) groups excluding carboxylic acids is 2. The topological polar surface area (TPSA) is 70.2 Å². The Bertz CT molecular complexity index is 769. The third-order valence-corrected chi connectivity index (χ3v) is 4.03. The van der Waals surface area contributed by atoms with Crippen LogP contribution in [0.5, 0.6) is 0 Å². The van der Waals surface area contributed by atoms with Crippen molar-refractivity contribution in [2.75, 3.05) is 18.9 Å². The summed E-state index contributed by atoms with van der Waals surface area (Å²) in [6.07, 6.45) is 0. The summed E-state index contributed by atoms with van der Waals surface area (Å²) >= 11 is 11.4. The lowest BCUT2D eigenvalue weighted by molar-refractivity contribution is -0.136. The lowest BCUT2D eigenvalue weighted by Gasteiger charge is -2.17. The third-order valence-electron chi connectivity index (χ3n) is 3.47. The average molecular weight is 384 g/mol. The highest BCUT2D eigenvalue weighted by Crippen LogP contribution is 2.19. The van der Waals surface area contributed by atoms with Crippen LogP contribution in [0.4, 0.5) is 10.1 Å². The maximum Gasteiger partial charge on any atom is 0.313 e.